The van der Waals surface area contributed by atoms with Crippen LogP contribution in [-0.4, -0.2) is 0 Å². The van der Waals surface area contributed by atoms with Crippen molar-refractivity contribution in [3.05, 3.63) is 35.4 Å². The Bertz CT molecular complexity index is 359. The SMILES string of the molecule is C#CCC(N)c1ccc(C(F)(F)F)cc1. The molecule has 0 saturated heterocycles. The predicted molar refractivity (Wildman–Crippen MR) is 51.8 cm³/mol. The van der Waals surface area contributed by atoms with Gasteiger partial charge in [0.05, 0.1) is 5.56 Å². The van der Waals surface area contributed by atoms with Crippen LogP contribution in [0.2, 0.25) is 0 Å². The summed E-state index contributed by atoms with van der Waals surface area (Å²) in [5.41, 5.74) is 5.57. The maximum atomic E-state index is 12.2. The Morgan fingerprint density at radius 3 is 2.20 bits per heavy atom. The lowest BCUT2D eigenvalue weighted by atomic mass is 10.0. The summed E-state index contributed by atoms with van der Waals surface area (Å²) in [7, 11) is 0. The monoisotopic (exact) mass is 213 g/mol. The molecule has 0 bridgehead atoms. The van der Waals surface area contributed by atoms with E-state index in [0.717, 1.165) is 12.1 Å². The van der Waals surface area contributed by atoms with Crippen LogP contribution in [0.5, 0.6) is 0 Å². The van der Waals surface area contributed by atoms with Crippen LogP contribution in [0.15, 0.2) is 24.3 Å². The maximum absolute atomic E-state index is 12.2. The number of nitrogens with two attached hydrogens (primary N) is 1. The number of hydrogen-bond acceptors (Lipinski definition) is 1. The van der Waals surface area contributed by atoms with Gasteiger partial charge in [-0.15, -0.1) is 12.3 Å². The molecule has 0 saturated carbocycles. The Morgan fingerprint density at radius 1 is 1.27 bits per heavy atom. The van der Waals surface area contributed by atoms with Gasteiger partial charge in [0, 0.05) is 12.5 Å². The van der Waals surface area contributed by atoms with Crippen LogP contribution in [0.25, 0.3) is 0 Å². The van der Waals surface area contributed by atoms with Crippen LogP contribution in [0.1, 0.15) is 23.6 Å². The molecule has 0 fully saturated rings. The normalized spacial score (nSPS) is 13.3. The van der Waals surface area contributed by atoms with Gasteiger partial charge in [0.15, 0.2) is 0 Å². The lowest BCUT2D eigenvalue weighted by molar-refractivity contribution is -0.137. The fraction of sp³-hybridized carbons (Fsp3) is 0.273. The van der Waals surface area contributed by atoms with E-state index < -0.39 is 17.8 Å². The molecular formula is C11H10F3N. The van der Waals surface area contributed by atoms with E-state index in [2.05, 4.69) is 5.92 Å². The van der Waals surface area contributed by atoms with E-state index >= 15 is 0 Å². The fourth-order valence-corrected chi connectivity index (χ4v) is 1.16. The molecule has 0 radical (unpaired) electrons. The Kier molecular flexibility index (Phi) is 3.38. The minimum atomic E-state index is -4.31. The second-order valence-electron chi connectivity index (χ2n) is 3.13. The van der Waals surface area contributed by atoms with Gasteiger partial charge in [0.2, 0.25) is 0 Å². The molecule has 0 aliphatic rings. The second-order valence-corrected chi connectivity index (χ2v) is 3.13. The average molecular weight is 213 g/mol. The quantitative estimate of drug-likeness (QED) is 0.751. The largest absolute Gasteiger partial charge is 0.416 e. The van der Waals surface area contributed by atoms with Crippen molar-refractivity contribution in [1.82, 2.24) is 0 Å². The third kappa shape index (κ3) is 3.00. The van der Waals surface area contributed by atoms with Crippen LogP contribution >= 0.6 is 0 Å². The Labute approximate surface area is 86.1 Å². The first-order chi connectivity index (χ1) is 6.95. The third-order valence-corrected chi connectivity index (χ3v) is 2.00. The third-order valence-electron chi connectivity index (χ3n) is 2.00. The van der Waals surface area contributed by atoms with Crippen LogP contribution in [-0.2, 0) is 6.18 Å². The van der Waals surface area contributed by atoms with E-state index in [4.69, 9.17) is 12.2 Å². The fourth-order valence-electron chi connectivity index (χ4n) is 1.16. The van der Waals surface area contributed by atoms with Gasteiger partial charge in [-0.1, -0.05) is 12.1 Å². The summed E-state index contributed by atoms with van der Waals surface area (Å²) in [6, 6.07) is 4.31. The molecule has 4 heteroatoms. The lowest BCUT2D eigenvalue weighted by Gasteiger charge is -2.10. The highest BCUT2D eigenvalue weighted by molar-refractivity contribution is 5.27. The van der Waals surface area contributed by atoms with Gasteiger partial charge in [0.25, 0.3) is 0 Å². The minimum Gasteiger partial charge on any atom is -0.323 e. The van der Waals surface area contributed by atoms with Crippen molar-refractivity contribution in [2.45, 2.75) is 18.6 Å². The molecular weight excluding hydrogens is 203 g/mol. The van der Waals surface area contributed by atoms with Crippen LogP contribution in [0.4, 0.5) is 13.2 Å². The average Bonchev–Trinajstić information content (AvgIpc) is 2.17. The highest BCUT2D eigenvalue weighted by Crippen LogP contribution is 2.29. The molecule has 1 aromatic rings. The van der Waals surface area contributed by atoms with Crippen molar-refractivity contribution in [3.8, 4) is 12.3 Å². The number of terminal acetylenes is 1. The molecule has 0 spiro atoms. The van der Waals surface area contributed by atoms with Gasteiger partial charge < -0.3 is 5.73 Å². The Balaban J connectivity index is 2.87. The van der Waals surface area contributed by atoms with E-state index in [1.165, 1.54) is 12.1 Å². The smallest absolute Gasteiger partial charge is 0.323 e. The molecule has 0 aliphatic carbocycles. The van der Waals surface area contributed by atoms with Gasteiger partial charge in [-0.25, -0.2) is 0 Å². The second kappa shape index (κ2) is 4.37. The zero-order chi connectivity index (χ0) is 11.5. The van der Waals surface area contributed by atoms with Crippen molar-refractivity contribution in [1.29, 1.82) is 0 Å². The summed E-state index contributed by atoms with van der Waals surface area (Å²) < 4.78 is 36.6. The molecule has 1 atom stereocenters. The molecule has 0 heterocycles. The Hall–Kier alpha value is -1.47. The minimum absolute atomic E-state index is 0.311. The summed E-state index contributed by atoms with van der Waals surface area (Å²) in [6.07, 6.45) is 1.06. The van der Waals surface area contributed by atoms with E-state index in [-0.39, 0.29) is 0 Å². The van der Waals surface area contributed by atoms with E-state index in [0.29, 0.717) is 12.0 Å². The summed E-state index contributed by atoms with van der Waals surface area (Å²) in [4.78, 5) is 0. The van der Waals surface area contributed by atoms with E-state index in [9.17, 15) is 13.2 Å². The number of benzene rings is 1. The first-order valence-electron chi connectivity index (χ1n) is 4.31. The molecule has 80 valence electrons. The molecule has 0 aliphatic heterocycles. The van der Waals surface area contributed by atoms with Crippen molar-refractivity contribution in [3.63, 3.8) is 0 Å². The first kappa shape index (κ1) is 11.6. The van der Waals surface area contributed by atoms with Crippen LogP contribution < -0.4 is 5.73 Å². The van der Waals surface area contributed by atoms with Gasteiger partial charge in [0.1, 0.15) is 0 Å². The molecule has 15 heavy (non-hydrogen) atoms. The van der Waals surface area contributed by atoms with Gasteiger partial charge >= 0.3 is 6.18 Å². The molecule has 2 N–H and O–H groups in total. The molecule has 1 unspecified atom stereocenters. The Morgan fingerprint density at radius 2 is 1.80 bits per heavy atom. The lowest BCUT2D eigenvalue weighted by Crippen LogP contribution is -2.10. The zero-order valence-electron chi connectivity index (χ0n) is 7.88. The van der Waals surface area contributed by atoms with Crippen molar-refractivity contribution in [2.75, 3.05) is 0 Å². The summed E-state index contributed by atoms with van der Waals surface area (Å²) in [6.45, 7) is 0. The predicted octanol–water partition coefficient (Wildman–Crippen LogP) is 2.73. The molecule has 0 aromatic heterocycles. The number of halogens is 3. The van der Waals surface area contributed by atoms with Crippen molar-refractivity contribution >= 4 is 0 Å². The van der Waals surface area contributed by atoms with Gasteiger partial charge in [-0.05, 0) is 17.7 Å². The highest BCUT2D eigenvalue weighted by atomic mass is 19.4. The zero-order valence-corrected chi connectivity index (χ0v) is 7.88. The number of rotatable bonds is 2. The van der Waals surface area contributed by atoms with Gasteiger partial charge in [-0.2, -0.15) is 13.2 Å². The summed E-state index contributed by atoms with van der Waals surface area (Å²) in [5, 5.41) is 0. The van der Waals surface area contributed by atoms with Crippen LogP contribution in [0, 0.1) is 12.3 Å². The summed E-state index contributed by atoms with van der Waals surface area (Å²) in [5.74, 6) is 2.36. The molecule has 1 nitrogen and oxygen atoms in total. The molecule has 1 rings (SSSR count). The van der Waals surface area contributed by atoms with Crippen LogP contribution in [0.3, 0.4) is 0 Å². The standard InChI is InChI=1S/C11H10F3N/c1-2-3-10(15)8-4-6-9(7-5-8)11(12,13)14/h1,4-7,10H,3,15H2. The number of hydrogen-bond donors (Lipinski definition) is 1. The summed E-state index contributed by atoms with van der Waals surface area (Å²) >= 11 is 0. The highest BCUT2D eigenvalue weighted by Gasteiger charge is 2.30. The topological polar surface area (TPSA) is 26.0 Å². The van der Waals surface area contributed by atoms with Gasteiger partial charge in [-0.3, -0.25) is 0 Å². The van der Waals surface area contributed by atoms with E-state index in [1.54, 1.807) is 0 Å². The maximum Gasteiger partial charge on any atom is 0.416 e. The molecule has 0 amide bonds. The first-order valence-corrected chi connectivity index (χ1v) is 4.31. The van der Waals surface area contributed by atoms with E-state index in [1.807, 2.05) is 0 Å². The number of alkyl halides is 3. The van der Waals surface area contributed by atoms with Crippen molar-refractivity contribution < 1.29 is 13.2 Å². The molecule has 1 aromatic carbocycles. The van der Waals surface area contributed by atoms with Crippen molar-refractivity contribution in [2.24, 2.45) is 5.73 Å².